The molecule has 0 aromatic carbocycles. The Hall–Kier alpha value is -2.64. The van der Waals surface area contributed by atoms with Crippen LogP contribution < -0.4 is 4.89 Å². The van der Waals surface area contributed by atoms with Crippen molar-refractivity contribution in [3.8, 4) is 0 Å². The van der Waals surface area contributed by atoms with Gasteiger partial charge in [-0.05, 0) is 69.4 Å². The van der Waals surface area contributed by atoms with Gasteiger partial charge in [0.05, 0.1) is 33.4 Å². The molecule has 1 aromatic heterocycles. The van der Waals surface area contributed by atoms with E-state index >= 15 is 0 Å². The summed E-state index contributed by atoms with van der Waals surface area (Å²) in [6.45, 7) is 5.35. The zero-order valence-corrected chi connectivity index (χ0v) is 39.5. The summed E-state index contributed by atoms with van der Waals surface area (Å²) in [5.74, 6) is -0.909. The van der Waals surface area contributed by atoms with E-state index in [1.165, 1.54) is 57.8 Å². The van der Waals surface area contributed by atoms with Crippen LogP contribution in [0.1, 0.15) is 178 Å². The Morgan fingerprint density at radius 1 is 0.787 bits per heavy atom. The van der Waals surface area contributed by atoms with Crippen LogP contribution in [0.15, 0.2) is 28.9 Å². The van der Waals surface area contributed by atoms with Crippen LogP contribution in [0.5, 0.6) is 0 Å². The number of carbonyl (C=O) groups excluding carboxylic acids is 2. The van der Waals surface area contributed by atoms with E-state index in [2.05, 4.69) is 11.9 Å². The van der Waals surface area contributed by atoms with E-state index in [0.29, 0.717) is 41.0 Å². The summed E-state index contributed by atoms with van der Waals surface area (Å²) in [6, 6.07) is 1.76. The summed E-state index contributed by atoms with van der Waals surface area (Å²) in [5.41, 5.74) is 3.47. The van der Waals surface area contributed by atoms with E-state index in [1.807, 2.05) is 40.2 Å². The zero-order valence-electron chi connectivity index (χ0n) is 38.6. The molecule has 1 aromatic rings. The van der Waals surface area contributed by atoms with Gasteiger partial charge < -0.3 is 32.4 Å². The molecule has 0 radical (unpaired) electrons. The molecule has 2 rings (SSSR count). The number of likely N-dealkylation sites (N-methyl/N-ethyl adjacent to an activating group) is 1. The number of aryl methyl sites for hydroxylation is 2. The second-order valence-corrected chi connectivity index (χ2v) is 19.1. The Kier molecular flexibility index (Phi) is 27.9. The third-order valence-corrected chi connectivity index (χ3v) is 11.8. The highest BCUT2D eigenvalue weighted by Gasteiger charge is 2.24. The van der Waals surface area contributed by atoms with Crippen molar-refractivity contribution in [1.82, 2.24) is 4.48 Å². The molecule has 2 heterocycles. The number of aromatic nitrogens is 1. The fraction of sp³-hybridized carbons (Fsp3) is 0.761. The van der Waals surface area contributed by atoms with Crippen LogP contribution in [0.2, 0.25) is 0 Å². The normalized spacial score (nSPS) is 15.0. The molecule has 348 valence electrons. The Labute approximate surface area is 367 Å². The van der Waals surface area contributed by atoms with Crippen LogP contribution >= 0.6 is 7.82 Å². The number of rotatable bonds is 37. The molecule has 0 saturated heterocycles. The first kappa shape index (κ1) is 54.5. The van der Waals surface area contributed by atoms with Gasteiger partial charge in [0.1, 0.15) is 19.8 Å². The third-order valence-electron chi connectivity index (χ3n) is 10.9. The van der Waals surface area contributed by atoms with Crippen LogP contribution in [-0.2, 0) is 32.7 Å². The molecule has 1 aliphatic rings. The third kappa shape index (κ3) is 26.6. The smallest absolute Gasteiger partial charge is 0.677 e. The quantitative estimate of drug-likeness (QED) is 0.0212. The van der Waals surface area contributed by atoms with Crippen molar-refractivity contribution in [2.45, 2.75) is 181 Å². The number of aliphatic imine (C=N–C) groups is 1. The van der Waals surface area contributed by atoms with Crippen molar-refractivity contribution in [3.05, 3.63) is 40.9 Å². The van der Waals surface area contributed by atoms with Crippen LogP contribution in [0.3, 0.4) is 0 Å². The highest BCUT2D eigenvalue weighted by molar-refractivity contribution is 7.45. The van der Waals surface area contributed by atoms with Gasteiger partial charge in [-0.1, -0.05) is 122 Å². The molecule has 0 spiro atoms. The van der Waals surface area contributed by atoms with E-state index in [0.717, 1.165) is 86.4 Å². The Bertz CT molecular complexity index is 1540. The van der Waals surface area contributed by atoms with Gasteiger partial charge in [0, 0.05) is 29.9 Å². The van der Waals surface area contributed by atoms with Gasteiger partial charge in [-0.2, -0.15) is 0 Å². The Balaban J connectivity index is 1.64. The molecule has 0 bridgehead atoms. The lowest BCUT2D eigenvalue weighted by Crippen LogP contribution is -2.37. The molecular weight excluding hydrogens is 802 g/mol. The summed E-state index contributed by atoms with van der Waals surface area (Å²) in [5, 5.41) is 0. The van der Waals surface area contributed by atoms with Crippen LogP contribution in [0.4, 0.5) is 8.63 Å². The van der Waals surface area contributed by atoms with Crippen LogP contribution in [-0.4, -0.2) is 87.6 Å². The number of carbonyl (C=O) groups is 2. The lowest BCUT2D eigenvalue weighted by atomic mass is 10.0. The first-order valence-corrected chi connectivity index (χ1v) is 24.8. The van der Waals surface area contributed by atoms with E-state index in [9.17, 15) is 27.7 Å². The maximum Gasteiger partial charge on any atom is 0.677 e. The van der Waals surface area contributed by atoms with Gasteiger partial charge in [-0.25, -0.2) is 0 Å². The van der Waals surface area contributed by atoms with E-state index in [-0.39, 0.29) is 26.1 Å². The predicted octanol–water partition coefficient (Wildman–Crippen LogP) is 11.3. The number of allylic oxidation sites excluding steroid dienone is 2. The number of quaternary nitrogens is 1. The largest absolute Gasteiger partial charge is 0.756 e. The molecular formula is C46H79BF2N3O8P. The van der Waals surface area contributed by atoms with Gasteiger partial charge in [0.2, 0.25) is 0 Å². The van der Waals surface area contributed by atoms with Gasteiger partial charge in [-0.3, -0.25) is 27.8 Å². The minimum atomic E-state index is -4.66. The monoisotopic (exact) mass is 882 g/mol. The summed E-state index contributed by atoms with van der Waals surface area (Å²) < 4.78 is 62.0. The van der Waals surface area contributed by atoms with Crippen molar-refractivity contribution in [1.29, 1.82) is 0 Å². The minimum Gasteiger partial charge on any atom is -0.756 e. The number of hydrogen-bond acceptors (Lipinski definition) is 9. The van der Waals surface area contributed by atoms with E-state index in [1.54, 1.807) is 19.1 Å². The molecule has 0 N–H and O–H groups in total. The molecule has 61 heavy (non-hydrogen) atoms. The topological polar surface area (TPSA) is 128 Å². The Morgan fingerprint density at radius 3 is 1.85 bits per heavy atom. The molecule has 2 atom stereocenters. The summed E-state index contributed by atoms with van der Waals surface area (Å²) >= 11 is 0. The second-order valence-electron chi connectivity index (χ2n) is 17.7. The van der Waals surface area contributed by atoms with Crippen molar-refractivity contribution in [2.75, 3.05) is 47.5 Å². The number of nitrogens with zero attached hydrogens (tertiary/aromatic N) is 3. The maximum absolute atomic E-state index is 13.5. The summed E-state index contributed by atoms with van der Waals surface area (Å²) in [7, 11) is -1.52. The maximum atomic E-state index is 13.5. The molecule has 1 aliphatic heterocycles. The fourth-order valence-electron chi connectivity index (χ4n) is 7.24. The van der Waals surface area contributed by atoms with Crippen molar-refractivity contribution >= 4 is 39.0 Å². The number of phosphoric ester groups is 1. The average molecular weight is 882 g/mol. The number of hydrogen-bond donors (Lipinski definition) is 0. The molecule has 0 aliphatic carbocycles. The number of esters is 2. The SMILES string of the molecule is CCCCCCCCCCCCCCCC(=O)OC[C@H](COP(=O)([O-])OCC[N+](C)(C)C)OC(=O)CCCCCCCCCCC1=N/C(=C\c2c(C)cc(C)n2B(F)F)C=C1. The van der Waals surface area contributed by atoms with E-state index < -0.39 is 39.9 Å². The highest BCUT2D eigenvalue weighted by atomic mass is 31.2. The molecule has 0 saturated carbocycles. The zero-order chi connectivity index (χ0) is 44.9. The summed E-state index contributed by atoms with van der Waals surface area (Å²) in [6.07, 6.45) is 29.1. The molecule has 1 unspecified atom stereocenters. The number of unbranched alkanes of at least 4 members (excludes halogenated alkanes) is 19. The number of ether oxygens (including phenoxy) is 2. The van der Waals surface area contributed by atoms with E-state index in [4.69, 9.17) is 18.5 Å². The van der Waals surface area contributed by atoms with Crippen LogP contribution in [0, 0.1) is 13.8 Å². The van der Waals surface area contributed by atoms with Crippen molar-refractivity contribution in [2.24, 2.45) is 4.99 Å². The average Bonchev–Trinajstić information content (AvgIpc) is 3.76. The first-order chi connectivity index (χ1) is 29.1. The van der Waals surface area contributed by atoms with Crippen molar-refractivity contribution in [3.63, 3.8) is 0 Å². The van der Waals surface area contributed by atoms with Gasteiger partial charge in [0.15, 0.2) is 6.10 Å². The lowest BCUT2D eigenvalue weighted by molar-refractivity contribution is -0.870. The first-order valence-electron chi connectivity index (χ1n) is 23.3. The standard InChI is InChI=1S/C46H79BF2N3O8P/c1-7-8-9-10-11-12-13-14-15-16-20-23-26-29-45(53)57-37-43(38-59-61(55,56)58-34-33-52(4,5)6)60-46(54)30-27-24-21-18-17-19-22-25-28-41-31-32-42(50-41)36-44-39(2)35-40(3)51(44)47(48)49/h31-32,35-36,43H,7-30,33-34,37-38H2,1-6H3/b42-36-/t43-/m1/s1. The molecule has 11 nitrogen and oxygen atoms in total. The molecule has 0 amide bonds. The van der Waals surface area contributed by atoms with Crippen molar-refractivity contribution < 1.29 is 50.7 Å². The number of halogens is 2. The fourth-order valence-corrected chi connectivity index (χ4v) is 7.97. The van der Waals surface area contributed by atoms with Crippen LogP contribution in [0.25, 0.3) is 6.08 Å². The van der Waals surface area contributed by atoms with Gasteiger partial charge >= 0.3 is 19.3 Å². The Morgan fingerprint density at radius 2 is 1.31 bits per heavy atom. The minimum absolute atomic E-state index is 0.0560. The highest BCUT2D eigenvalue weighted by Crippen LogP contribution is 2.38. The predicted molar refractivity (Wildman–Crippen MR) is 242 cm³/mol. The number of phosphoric acid groups is 1. The lowest BCUT2D eigenvalue weighted by Gasteiger charge is -2.28. The second kappa shape index (κ2) is 31.3. The molecule has 15 heteroatoms. The summed E-state index contributed by atoms with van der Waals surface area (Å²) in [4.78, 5) is 42.3. The molecule has 0 fully saturated rings. The van der Waals surface area contributed by atoms with Gasteiger partial charge in [0.25, 0.3) is 7.82 Å². The van der Waals surface area contributed by atoms with Gasteiger partial charge in [-0.15, -0.1) is 0 Å².